The number of hydrogen-bond donors (Lipinski definition) is 1. The predicted molar refractivity (Wildman–Crippen MR) is 101 cm³/mol. The molecule has 160 valence electrons. The van der Waals surface area contributed by atoms with Crippen LogP contribution in [0.2, 0.25) is 0 Å². The van der Waals surface area contributed by atoms with E-state index in [0.717, 1.165) is 31.7 Å². The number of benzene rings is 1. The molecular weight excluding hydrogens is 385 g/mol. The number of rotatable bonds is 6. The van der Waals surface area contributed by atoms with Crippen LogP contribution in [0, 0.1) is 29.3 Å². The quantitative estimate of drug-likeness (QED) is 0.723. The van der Waals surface area contributed by atoms with Crippen LogP contribution in [0.1, 0.15) is 45.1 Å². The maximum Gasteiger partial charge on any atom is 0.410 e. The number of halogens is 3. The fraction of sp³-hybridized carbons (Fsp3) is 0.619. The highest BCUT2D eigenvalue weighted by Gasteiger charge is 2.43. The van der Waals surface area contributed by atoms with Gasteiger partial charge in [-0.25, -0.2) is 18.0 Å². The van der Waals surface area contributed by atoms with E-state index in [9.17, 15) is 22.8 Å². The van der Waals surface area contributed by atoms with Gasteiger partial charge in [-0.2, -0.15) is 0 Å². The summed E-state index contributed by atoms with van der Waals surface area (Å²) in [5, 5.41) is 2.68. The summed E-state index contributed by atoms with van der Waals surface area (Å²) in [6.07, 6.45) is 2.62. The predicted octanol–water partition coefficient (Wildman–Crippen LogP) is 3.80. The summed E-state index contributed by atoms with van der Waals surface area (Å²) in [5.74, 6) is -3.54. The molecule has 1 aliphatic carbocycles. The normalized spacial score (nSPS) is 19.6. The van der Waals surface area contributed by atoms with Crippen molar-refractivity contribution in [2.45, 2.75) is 51.6 Å². The molecule has 1 atom stereocenters. The number of hydrogen-bond acceptors (Lipinski definition) is 3. The Morgan fingerprint density at radius 2 is 1.83 bits per heavy atom. The molecule has 29 heavy (non-hydrogen) atoms. The zero-order valence-electron chi connectivity index (χ0n) is 16.8. The highest BCUT2D eigenvalue weighted by molar-refractivity contribution is 5.78. The zero-order chi connectivity index (χ0) is 21.2. The number of carbonyl (C=O) groups excluding carboxylic acids is 2. The molecule has 0 spiro atoms. The van der Waals surface area contributed by atoms with Crippen molar-refractivity contribution in [3.05, 3.63) is 35.1 Å². The SMILES string of the molecule is C[C@@H](CNC(=O)Cc1c(F)ccc(F)c1F)C1CCN(C(=O)OC2(C)CC2)CC1. The minimum Gasteiger partial charge on any atom is -0.443 e. The summed E-state index contributed by atoms with van der Waals surface area (Å²) in [5.41, 5.74) is -0.849. The highest BCUT2D eigenvalue weighted by atomic mass is 19.2. The first-order valence-electron chi connectivity index (χ1n) is 10.1. The van der Waals surface area contributed by atoms with Crippen LogP contribution in [0.15, 0.2) is 12.1 Å². The van der Waals surface area contributed by atoms with E-state index in [4.69, 9.17) is 4.74 Å². The fourth-order valence-electron chi connectivity index (χ4n) is 3.60. The average molecular weight is 412 g/mol. The third-order valence-electron chi connectivity index (χ3n) is 5.99. The van der Waals surface area contributed by atoms with E-state index in [-0.39, 0.29) is 17.6 Å². The van der Waals surface area contributed by atoms with E-state index in [0.29, 0.717) is 31.6 Å². The van der Waals surface area contributed by atoms with Crippen LogP contribution in [-0.4, -0.2) is 42.1 Å². The molecule has 2 amide bonds. The van der Waals surface area contributed by atoms with E-state index < -0.39 is 35.3 Å². The van der Waals surface area contributed by atoms with Crippen LogP contribution in [-0.2, 0) is 16.0 Å². The van der Waals surface area contributed by atoms with Gasteiger partial charge in [-0.05, 0) is 56.6 Å². The third kappa shape index (κ3) is 5.42. The van der Waals surface area contributed by atoms with Crippen LogP contribution in [0.4, 0.5) is 18.0 Å². The van der Waals surface area contributed by atoms with Gasteiger partial charge in [0.2, 0.25) is 5.91 Å². The molecule has 1 aliphatic heterocycles. The van der Waals surface area contributed by atoms with E-state index in [1.807, 2.05) is 13.8 Å². The summed E-state index contributed by atoms with van der Waals surface area (Å²) < 4.78 is 46.1. The summed E-state index contributed by atoms with van der Waals surface area (Å²) in [7, 11) is 0. The molecule has 1 N–H and O–H groups in total. The van der Waals surface area contributed by atoms with Crippen LogP contribution in [0.25, 0.3) is 0 Å². The van der Waals surface area contributed by atoms with E-state index >= 15 is 0 Å². The standard InChI is InChI=1S/C21H27F3N2O3/c1-13(12-25-18(27)11-15-16(22)3-4-17(23)19(15)24)14-5-9-26(10-6-14)20(28)29-21(2)7-8-21/h3-4,13-14H,5-12H2,1-2H3,(H,25,27)/t13-/m0/s1. The number of piperidine rings is 1. The zero-order valence-corrected chi connectivity index (χ0v) is 16.8. The van der Waals surface area contributed by atoms with Gasteiger partial charge >= 0.3 is 6.09 Å². The van der Waals surface area contributed by atoms with E-state index in [1.165, 1.54) is 0 Å². The van der Waals surface area contributed by atoms with Crippen molar-refractivity contribution in [1.29, 1.82) is 0 Å². The second-order valence-electron chi connectivity index (χ2n) is 8.42. The Bertz CT molecular complexity index is 775. The van der Waals surface area contributed by atoms with E-state index in [1.54, 1.807) is 4.90 Å². The monoisotopic (exact) mass is 412 g/mol. The summed E-state index contributed by atoms with van der Waals surface area (Å²) in [6, 6.07) is 1.51. The van der Waals surface area contributed by atoms with Crippen molar-refractivity contribution < 1.29 is 27.5 Å². The van der Waals surface area contributed by atoms with Crippen LogP contribution in [0.3, 0.4) is 0 Å². The van der Waals surface area contributed by atoms with Crippen molar-refractivity contribution in [2.24, 2.45) is 11.8 Å². The maximum atomic E-state index is 13.7. The molecule has 1 saturated heterocycles. The Labute approximate surface area is 168 Å². The van der Waals surface area contributed by atoms with Gasteiger partial charge < -0.3 is 15.0 Å². The molecule has 1 heterocycles. The number of nitrogens with one attached hydrogen (secondary N) is 1. The summed E-state index contributed by atoms with van der Waals surface area (Å²) in [4.78, 5) is 25.9. The first-order valence-corrected chi connectivity index (χ1v) is 10.1. The molecule has 0 bridgehead atoms. The van der Waals surface area contributed by atoms with Gasteiger partial charge in [0.05, 0.1) is 6.42 Å². The largest absolute Gasteiger partial charge is 0.443 e. The molecule has 3 rings (SSSR count). The van der Waals surface area contributed by atoms with Crippen molar-refractivity contribution in [3.63, 3.8) is 0 Å². The Morgan fingerprint density at radius 1 is 1.21 bits per heavy atom. The second kappa shape index (κ2) is 8.63. The number of amides is 2. The van der Waals surface area contributed by atoms with Gasteiger partial charge in [-0.1, -0.05) is 6.92 Å². The maximum absolute atomic E-state index is 13.7. The lowest BCUT2D eigenvalue weighted by Gasteiger charge is -2.35. The van der Waals surface area contributed by atoms with Crippen molar-refractivity contribution in [2.75, 3.05) is 19.6 Å². The molecular formula is C21H27F3N2O3. The Balaban J connectivity index is 1.42. The number of ether oxygens (including phenoxy) is 1. The first-order chi connectivity index (χ1) is 13.7. The molecule has 2 fully saturated rings. The molecule has 1 aromatic carbocycles. The minimum atomic E-state index is -1.33. The molecule has 0 radical (unpaired) electrons. The average Bonchev–Trinajstić information content (AvgIpc) is 3.43. The van der Waals surface area contributed by atoms with Gasteiger partial charge in [0.1, 0.15) is 11.4 Å². The van der Waals surface area contributed by atoms with E-state index in [2.05, 4.69) is 5.32 Å². The smallest absolute Gasteiger partial charge is 0.410 e. The second-order valence-corrected chi connectivity index (χ2v) is 8.42. The molecule has 0 unspecified atom stereocenters. The van der Waals surface area contributed by atoms with Crippen LogP contribution >= 0.6 is 0 Å². The van der Waals surface area contributed by atoms with Crippen molar-refractivity contribution in [3.8, 4) is 0 Å². The first kappa shape index (κ1) is 21.5. The van der Waals surface area contributed by atoms with Crippen molar-refractivity contribution in [1.82, 2.24) is 10.2 Å². The Morgan fingerprint density at radius 3 is 2.45 bits per heavy atom. The molecule has 5 nitrogen and oxygen atoms in total. The summed E-state index contributed by atoms with van der Waals surface area (Å²) >= 11 is 0. The lowest BCUT2D eigenvalue weighted by molar-refractivity contribution is -0.120. The Hall–Kier alpha value is -2.25. The highest BCUT2D eigenvalue weighted by Crippen LogP contribution is 2.39. The van der Waals surface area contributed by atoms with Gasteiger partial charge in [-0.3, -0.25) is 4.79 Å². The minimum absolute atomic E-state index is 0.139. The fourth-order valence-corrected chi connectivity index (χ4v) is 3.60. The number of carbonyl (C=O) groups is 2. The molecule has 0 aromatic heterocycles. The van der Waals surface area contributed by atoms with Gasteiger partial charge in [0, 0.05) is 25.2 Å². The third-order valence-corrected chi connectivity index (χ3v) is 5.99. The molecule has 8 heteroatoms. The summed E-state index contributed by atoms with van der Waals surface area (Å²) in [6.45, 7) is 5.50. The number of likely N-dealkylation sites (tertiary alicyclic amines) is 1. The lowest BCUT2D eigenvalue weighted by atomic mass is 9.85. The topological polar surface area (TPSA) is 58.6 Å². The van der Waals surface area contributed by atoms with Gasteiger partial charge in [0.15, 0.2) is 11.6 Å². The number of nitrogens with zero attached hydrogens (tertiary/aromatic N) is 1. The Kier molecular flexibility index (Phi) is 6.39. The van der Waals surface area contributed by atoms with Crippen molar-refractivity contribution >= 4 is 12.0 Å². The molecule has 1 saturated carbocycles. The lowest BCUT2D eigenvalue weighted by Crippen LogP contribution is -2.43. The van der Waals surface area contributed by atoms with Crippen LogP contribution < -0.4 is 5.32 Å². The van der Waals surface area contributed by atoms with Crippen LogP contribution in [0.5, 0.6) is 0 Å². The van der Waals surface area contributed by atoms with Gasteiger partial charge in [0.25, 0.3) is 0 Å². The van der Waals surface area contributed by atoms with Gasteiger partial charge in [-0.15, -0.1) is 0 Å². The molecule has 2 aliphatic rings. The molecule has 1 aromatic rings.